The van der Waals surface area contributed by atoms with Gasteiger partial charge < -0.3 is 28.6 Å². The molecule has 1 fully saturated rings. The molecule has 3 aromatic rings. The lowest BCUT2D eigenvalue weighted by molar-refractivity contribution is -0.140. The first-order chi connectivity index (χ1) is 16.5. The molecule has 176 valence electrons. The summed E-state index contributed by atoms with van der Waals surface area (Å²) in [6, 6.07) is 14.4. The number of furan rings is 1. The summed E-state index contributed by atoms with van der Waals surface area (Å²) in [6.07, 6.45) is 1.50. The van der Waals surface area contributed by atoms with Gasteiger partial charge in [-0.1, -0.05) is 18.2 Å². The number of Topliss-reactive ketones (excluding diaryl/α,β-unsaturated/α-hetero) is 1. The van der Waals surface area contributed by atoms with Crippen LogP contribution in [0.25, 0.3) is 5.76 Å². The summed E-state index contributed by atoms with van der Waals surface area (Å²) in [5, 5.41) is 11.2. The fourth-order valence-electron chi connectivity index (χ4n) is 4.01. The highest BCUT2D eigenvalue weighted by Gasteiger charge is 2.46. The fourth-order valence-corrected chi connectivity index (χ4v) is 4.01. The first kappa shape index (κ1) is 23.0. The largest absolute Gasteiger partial charge is 0.507 e. The van der Waals surface area contributed by atoms with Crippen LogP contribution in [0.4, 0.5) is 0 Å². The fraction of sp³-hybridized carbons (Fsp3) is 0.231. The van der Waals surface area contributed by atoms with Gasteiger partial charge in [-0.2, -0.15) is 0 Å². The Kier molecular flexibility index (Phi) is 6.58. The van der Waals surface area contributed by atoms with E-state index in [0.29, 0.717) is 40.7 Å². The highest BCUT2D eigenvalue weighted by molar-refractivity contribution is 6.46. The first-order valence-electron chi connectivity index (χ1n) is 10.7. The summed E-state index contributed by atoms with van der Waals surface area (Å²) in [5.41, 5.74) is 0.907. The van der Waals surface area contributed by atoms with E-state index in [0.717, 1.165) is 0 Å². The quantitative estimate of drug-likeness (QED) is 0.302. The van der Waals surface area contributed by atoms with Gasteiger partial charge in [0.1, 0.15) is 17.3 Å². The van der Waals surface area contributed by atoms with Crippen molar-refractivity contribution in [2.24, 2.45) is 0 Å². The highest BCUT2D eigenvalue weighted by atomic mass is 16.5. The van der Waals surface area contributed by atoms with Crippen LogP contribution >= 0.6 is 0 Å². The Morgan fingerprint density at radius 2 is 1.85 bits per heavy atom. The number of ketones is 1. The Morgan fingerprint density at radius 1 is 1.03 bits per heavy atom. The third-order valence-corrected chi connectivity index (χ3v) is 5.59. The van der Waals surface area contributed by atoms with Crippen molar-refractivity contribution in [3.8, 4) is 17.2 Å². The molecule has 34 heavy (non-hydrogen) atoms. The van der Waals surface area contributed by atoms with Crippen molar-refractivity contribution in [3.63, 3.8) is 0 Å². The van der Waals surface area contributed by atoms with Crippen LogP contribution in [0.2, 0.25) is 0 Å². The van der Waals surface area contributed by atoms with Gasteiger partial charge >= 0.3 is 0 Å². The second-order valence-electron chi connectivity index (χ2n) is 7.58. The third kappa shape index (κ3) is 4.22. The van der Waals surface area contributed by atoms with Gasteiger partial charge in [-0.15, -0.1) is 0 Å². The standard InChI is InChI=1S/C26H25NO7/c1-4-33-20-11-10-16(14-21(20)32-3)23-22(24(28)17-7-5-8-18(13-17)31-2)25(29)26(30)27(23)15-19-9-6-12-34-19/h5-14,23,28H,4,15H2,1-3H3. The van der Waals surface area contributed by atoms with E-state index in [1.807, 2.05) is 6.92 Å². The molecular weight excluding hydrogens is 438 g/mol. The van der Waals surface area contributed by atoms with Crippen LogP contribution in [-0.2, 0) is 16.1 Å². The second kappa shape index (κ2) is 9.74. The molecule has 0 radical (unpaired) electrons. The number of hydrogen-bond donors (Lipinski definition) is 1. The van der Waals surface area contributed by atoms with Crippen molar-refractivity contribution in [2.75, 3.05) is 20.8 Å². The molecule has 1 saturated heterocycles. The minimum absolute atomic E-state index is 0.0315. The van der Waals surface area contributed by atoms with Gasteiger partial charge in [-0.25, -0.2) is 0 Å². The molecule has 1 amide bonds. The van der Waals surface area contributed by atoms with Gasteiger partial charge in [0, 0.05) is 5.56 Å². The molecule has 1 N–H and O–H groups in total. The van der Waals surface area contributed by atoms with Gasteiger partial charge in [0.05, 0.1) is 45.2 Å². The van der Waals surface area contributed by atoms with E-state index >= 15 is 0 Å². The van der Waals surface area contributed by atoms with E-state index in [-0.39, 0.29) is 17.9 Å². The SMILES string of the molecule is CCOc1ccc(C2C(=C(O)c3cccc(OC)c3)C(=O)C(=O)N2Cc2ccco2)cc1OC. The van der Waals surface area contributed by atoms with Crippen molar-refractivity contribution in [2.45, 2.75) is 19.5 Å². The third-order valence-electron chi connectivity index (χ3n) is 5.59. The topological polar surface area (TPSA) is 98.4 Å². The minimum atomic E-state index is -0.874. The molecule has 1 aromatic heterocycles. The lowest BCUT2D eigenvalue weighted by Crippen LogP contribution is -2.29. The van der Waals surface area contributed by atoms with E-state index < -0.39 is 17.7 Å². The molecule has 0 bridgehead atoms. The van der Waals surface area contributed by atoms with E-state index in [1.165, 1.54) is 25.4 Å². The maximum absolute atomic E-state index is 13.2. The molecule has 0 spiro atoms. The predicted molar refractivity (Wildman–Crippen MR) is 124 cm³/mol. The van der Waals surface area contributed by atoms with Crippen LogP contribution < -0.4 is 14.2 Å². The van der Waals surface area contributed by atoms with E-state index in [1.54, 1.807) is 54.6 Å². The zero-order valence-electron chi connectivity index (χ0n) is 19.1. The Labute approximate surface area is 197 Å². The van der Waals surface area contributed by atoms with E-state index in [9.17, 15) is 14.7 Å². The molecule has 0 saturated carbocycles. The van der Waals surface area contributed by atoms with Crippen molar-refractivity contribution in [3.05, 3.63) is 83.3 Å². The number of benzene rings is 2. The molecule has 2 heterocycles. The van der Waals surface area contributed by atoms with Crippen LogP contribution in [0.15, 0.2) is 70.9 Å². The van der Waals surface area contributed by atoms with Crippen molar-refractivity contribution < 1.29 is 33.3 Å². The van der Waals surface area contributed by atoms with Crippen molar-refractivity contribution >= 4 is 17.4 Å². The average Bonchev–Trinajstić information content (AvgIpc) is 3.46. The number of carbonyl (C=O) groups is 2. The number of likely N-dealkylation sites (tertiary alicyclic amines) is 1. The van der Waals surface area contributed by atoms with Gasteiger partial charge in [0.25, 0.3) is 11.7 Å². The molecular formula is C26H25NO7. The zero-order chi connectivity index (χ0) is 24.2. The van der Waals surface area contributed by atoms with Gasteiger partial charge in [-0.3, -0.25) is 9.59 Å². The van der Waals surface area contributed by atoms with E-state index in [4.69, 9.17) is 18.6 Å². The van der Waals surface area contributed by atoms with E-state index in [2.05, 4.69) is 0 Å². The van der Waals surface area contributed by atoms with Crippen molar-refractivity contribution in [1.82, 2.24) is 4.90 Å². The van der Waals surface area contributed by atoms with Gasteiger partial charge in [0.15, 0.2) is 11.5 Å². The molecule has 1 aliphatic heterocycles. The number of ether oxygens (including phenoxy) is 3. The molecule has 0 aliphatic carbocycles. The molecule has 4 rings (SSSR count). The molecule has 8 heteroatoms. The molecule has 1 unspecified atom stereocenters. The summed E-state index contributed by atoms with van der Waals surface area (Å²) in [7, 11) is 3.02. The first-order valence-corrected chi connectivity index (χ1v) is 10.7. The van der Waals surface area contributed by atoms with Crippen LogP contribution in [0.1, 0.15) is 29.9 Å². The Hall–Kier alpha value is -4.20. The Morgan fingerprint density at radius 3 is 2.53 bits per heavy atom. The molecule has 2 aromatic carbocycles. The number of carbonyl (C=O) groups excluding carboxylic acids is 2. The smallest absolute Gasteiger partial charge is 0.296 e. The molecule has 8 nitrogen and oxygen atoms in total. The summed E-state index contributed by atoms with van der Waals surface area (Å²) in [6.45, 7) is 2.36. The van der Waals surface area contributed by atoms with Crippen LogP contribution in [-0.4, -0.2) is 42.5 Å². The zero-order valence-corrected chi connectivity index (χ0v) is 19.1. The number of aliphatic hydroxyl groups excluding tert-OH is 1. The minimum Gasteiger partial charge on any atom is -0.507 e. The number of aliphatic hydroxyl groups is 1. The lowest BCUT2D eigenvalue weighted by Gasteiger charge is -2.25. The summed E-state index contributed by atoms with van der Waals surface area (Å²) in [5.74, 6) is 0.175. The maximum atomic E-state index is 13.2. The summed E-state index contributed by atoms with van der Waals surface area (Å²) < 4.78 is 21.8. The molecule has 1 aliphatic rings. The van der Waals surface area contributed by atoms with Crippen molar-refractivity contribution in [1.29, 1.82) is 0 Å². The number of methoxy groups -OCH3 is 2. The van der Waals surface area contributed by atoms with Gasteiger partial charge in [-0.05, 0) is 48.9 Å². The number of nitrogens with zero attached hydrogens (tertiary/aromatic N) is 1. The lowest BCUT2D eigenvalue weighted by atomic mass is 9.95. The highest BCUT2D eigenvalue weighted by Crippen LogP contribution is 2.43. The number of hydrogen-bond acceptors (Lipinski definition) is 7. The Balaban J connectivity index is 1.88. The maximum Gasteiger partial charge on any atom is 0.296 e. The van der Waals surface area contributed by atoms with Crippen LogP contribution in [0.3, 0.4) is 0 Å². The second-order valence-corrected chi connectivity index (χ2v) is 7.58. The molecule has 1 atom stereocenters. The monoisotopic (exact) mass is 463 g/mol. The average molecular weight is 463 g/mol. The number of rotatable bonds is 8. The Bertz CT molecular complexity index is 1230. The number of amides is 1. The van der Waals surface area contributed by atoms with Gasteiger partial charge in [0.2, 0.25) is 0 Å². The van der Waals surface area contributed by atoms with Crippen LogP contribution in [0, 0.1) is 0 Å². The predicted octanol–water partition coefficient (Wildman–Crippen LogP) is 4.32. The normalized spacial score (nSPS) is 17.1. The summed E-state index contributed by atoms with van der Waals surface area (Å²) in [4.78, 5) is 27.7. The summed E-state index contributed by atoms with van der Waals surface area (Å²) >= 11 is 0. The van der Waals surface area contributed by atoms with Crippen LogP contribution in [0.5, 0.6) is 17.2 Å².